The Balaban J connectivity index is 1.82. The van der Waals surface area contributed by atoms with E-state index in [1.807, 2.05) is 45.2 Å². The maximum atomic E-state index is 11.8. The van der Waals surface area contributed by atoms with Crippen LogP contribution < -0.4 is 5.32 Å². The largest absolute Gasteiger partial charge is 0.478 e. The molecule has 1 saturated carbocycles. The summed E-state index contributed by atoms with van der Waals surface area (Å²) in [6.07, 6.45) is 11.3. The second-order valence-corrected chi connectivity index (χ2v) is 11.5. The highest BCUT2D eigenvalue weighted by atomic mass is 127. The van der Waals surface area contributed by atoms with Gasteiger partial charge in [-0.2, -0.15) is 0 Å². The normalized spacial score (nSPS) is 24.8. The molecule has 1 aromatic rings. The van der Waals surface area contributed by atoms with E-state index in [4.69, 9.17) is 9.47 Å². The molecular formula is C22H28I3NO6. The van der Waals surface area contributed by atoms with Gasteiger partial charge in [-0.05, 0) is 93.5 Å². The molecule has 0 radical (unpaired) electrons. The van der Waals surface area contributed by atoms with Gasteiger partial charge in [0.2, 0.25) is 0 Å². The number of ether oxygens (including phenoxy) is 2. The van der Waals surface area contributed by atoms with E-state index in [9.17, 15) is 19.8 Å². The van der Waals surface area contributed by atoms with Crippen LogP contribution >= 0.6 is 67.8 Å². The van der Waals surface area contributed by atoms with Gasteiger partial charge in [-0.1, -0.05) is 38.5 Å². The second kappa shape index (κ2) is 12.7. The molecule has 2 atom stereocenters. The molecule has 10 heteroatoms. The number of fused-ring (bicyclic) bond motifs is 3. The summed E-state index contributed by atoms with van der Waals surface area (Å²) in [5.74, 6) is -2.29. The van der Waals surface area contributed by atoms with Crippen LogP contribution in [0.3, 0.4) is 0 Å². The van der Waals surface area contributed by atoms with Gasteiger partial charge in [-0.3, -0.25) is 0 Å². The Morgan fingerprint density at radius 2 is 1.19 bits per heavy atom. The maximum absolute atomic E-state index is 11.8. The summed E-state index contributed by atoms with van der Waals surface area (Å²) in [4.78, 5) is 23.7. The zero-order valence-corrected chi connectivity index (χ0v) is 24.1. The fourth-order valence-electron chi connectivity index (χ4n) is 4.32. The topological polar surface area (TPSA) is 105 Å². The van der Waals surface area contributed by atoms with Crippen molar-refractivity contribution in [3.05, 3.63) is 21.8 Å². The van der Waals surface area contributed by atoms with Crippen LogP contribution in [0.2, 0.25) is 0 Å². The van der Waals surface area contributed by atoms with Crippen LogP contribution in [0.1, 0.15) is 84.9 Å². The zero-order chi connectivity index (χ0) is 23.3. The van der Waals surface area contributed by atoms with Crippen molar-refractivity contribution in [1.29, 1.82) is 0 Å². The number of rotatable bonds is 5. The van der Waals surface area contributed by atoms with Gasteiger partial charge < -0.3 is 25.0 Å². The Bertz CT molecular complexity index is 788. The van der Waals surface area contributed by atoms with Gasteiger partial charge in [0.1, 0.15) is 0 Å². The van der Waals surface area contributed by atoms with E-state index < -0.39 is 18.2 Å². The lowest BCUT2D eigenvalue weighted by atomic mass is 9.98. The van der Waals surface area contributed by atoms with Crippen molar-refractivity contribution in [3.8, 4) is 0 Å². The van der Waals surface area contributed by atoms with Crippen molar-refractivity contribution in [3.63, 3.8) is 0 Å². The predicted molar refractivity (Wildman–Crippen MR) is 147 cm³/mol. The summed E-state index contributed by atoms with van der Waals surface area (Å²) in [5.41, 5.74) is 0.510. The first kappa shape index (κ1) is 26.7. The highest BCUT2D eigenvalue weighted by molar-refractivity contribution is 14.1. The highest BCUT2D eigenvalue weighted by Gasteiger charge is 2.30. The van der Waals surface area contributed by atoms with Crippen molar-refractivity contribution in [2.24, 2.45) is 0 Å². The van der Waals surface area contributed by atoms with Gasteiger partial charge in [-0.25, -0.2) is 9.59 Å². The lowest BCUT2D eigenvalue weighted by Gasteiger charge is -2.25. The molecule has 2 aliphatic rings. The molecule has 0 amide bonds. The summed E-state index contributed by atoms with van der Waals surface area (Å²) in [5, 5.41) is 22.6. The van der Waals surface area contributed by atoms with Gasteiger partial charge in [0.05, 0.1) is 42.7 Å². The zero-order valence-electron chi connectivity index (χ0n) is 17.7. The van der Waals surface area contributed by atoms with Crippen molar-refractivity contribution in [2.45, 2.75) is 82.7 Å². The monoisotopic (exact) mass is 783 g/mol. The predicted octanol–water partition coefficient (Wildman–Crippen LogP) is 6.33. The molecule has 0 aromatic heterocycles. The van der Waals surface area contributed by atoms with E-state index >= 15 is 0 Å². The molecule has 1 aromatic carbocycles. The number of carboxylic acids is 2. The van der Waals surface area contributed by atoms with Crippen molar-refractivity contribution in [1.82, 2.24) is 0 Å². The third-order valence-corrected chi connectivity index (χ3v) is 9.23. The van der Waals surface area contributed by atoms with Crippen LogP contribution in [0.4, 0.5) is 5.69 Å². The number of halogens is 3. The molecule has 32 heavy (non-hydrogen) atoms. The summed E-state index contributed by atoms with van der Waals surface area (Å²) in [7, 11) is 0. The van der Waals surface area contributed by atoms with E-state index in [0.717, 1.165) is 38.5 Å². The van der Waals surface area contributed by atoms with Crippen LogP contribution in [0.15, 0.2) is 0 Å². The van der Waals surface area contributed by atoms with Crippen LogP contribution in [0.5, 0.6) is 0 Å². The fraction of sp³-hybridized carbons (Fsp3) is 0.636. The molecule has 1 aliphatic carbocycles. The molecule has 1 heterocycles. The standard InChI is InChI=1S/C22H28I3NO6/c23-17-15(21(27)28)18(24)20(19(25)16(17)22(29)30)26-11-14-31-12-7-5-3-1-2-4-6-8-13(32-14)10-9-12/h12-14,26H,1-11H2,(H,27,28)(H,29,30). The Kier molecular flexibility index (Phi) is 10.6. The second-order valence-electron chi connectivity index (χ2n) is 8.28. The third-order valence-electron chi connectivity index (χ3n) is 5.99. The summed E-state index contributed by atoms with van der Waals surface area (Å²) < 4.78 is 13.8. The summed E-state index contributed by atoms with van der Waals surface area (Å²) in [6, 6.07) is 0. The average Bonchev–Trinajstić information content (AvgIpc) is 2.89. The number of nitrogens with one attached hydrogen (secondary N) is 1. The molecule has 2 unspecified atom stereocenters. The smallest absolute Gasteiger partial charge is 0.337 e. The molecule has 0 spiro atoms. The van der Waals surface area contributed by atoms with Gasteiger partial charge >= 0.3 is 11.9 Å². The Morgan fingerprint density at radius 1 is 0.750 bits per heavy atom. The summed E-state index contributed by atoms with van der Waals surface area (Å²) in [6.45, 7) is 0.331. The molecule has 3 rings (SSSR count). The van der Waals surface area contributed by atoms with Crippen molar-refractivity contribution < 1.29 is 29.3 Å². The number of anilines is 1. The first-order valence-corrected chi connectivity index (χ1v) is 14.2. The SMILES string of the molecule is O=C(O)c1c(I)c(NCC2OC3CCCCCCCCC(CC3)O2)c(I)c(C(=O)O)c1I. The molecule has 3 N–H and O–H groups in total. The molecule has 1 aliphatic heterocycles. The van der Waals surface area contributed by atoms with Crippen LogP contribution in [-0.2, 0) is 9.47 Å². The van der Waals surface area contributed by atoms with E-state index in [2.05, 4.69) is 5.32 Å². The highest BCUT2D eigenvalue weighted by Crippen LogP contribution is 2.36. The van der Waals surface area contributed by atoms with Crippen LogP contribution in [-0.4, -0.2) is 47.2 Å². The first-order chi connectivity index (χ1) is 15.3. The maximum Gasteiger partial charge on any atom is 0.337 e. The number of benzene rings is 1. The number of carbonyl (C=O) groups is 2. The molecule has 7 nitrogen and oxygen atoms in total. The van der Waals surface area contributed by atoms with Crippen molar-refractivity contribution in [2.75, 3.05) is 11.9 Å². The minimum atomic E-state index is -1.15. The number of hydrogen-bond donors (Lipinski definition) is 3. The molecule has 1 saturated heterocycles. The van der Waals surface area contributed by atoms with Gasteiger partial charge in [0.25, 0.3) is 0 Å². The first-order valence-electron chi connectivity index (χ1n) is 11.0. The van der Waals surface area contributed by atoms with E-state index in [1.165, 1.54) is 25.7 Å². The number of carboxylic acid groups (broad SMARTS) is 2. The lowest BCUT2D eigenvalue weighted by molar-refractivity contribution is -0.168. The lowest BCUT2D eigenvalue weighted by Crippen LogP contribution is -2.31. The van der Waals surface area contributed by atoms with Gasteiger partial charge in [-0.15, -0.1) is 0 Å². The van der Waals surface area contributed by atoms with E-state index in [1.54, 1.807) is 22.6 Å². The number of hydrogen-bond acceptors (Lipinski definition) is 5. The Morgan fingerprint density at radius 3 is 1.62 bits per heavy atom. The third kappa shape index (κ3) is 6.81. The Labute approximate surface area is 229 Å². The summed E-state index contributed by atoms with van der Waals surface area (Å²) >= 11 is 5.75. The van der Waals surface area contributed by atoms with Gasteiger partial charge in [0, 0.05) is 3.57 Å². The number of aromatic carboxylic acids is 2. The van der Waals surface area contributed by atoms with Gasteiger partial charge in [0.15, 0.2) is 6.29 Å². The average molecular weight is 783 g/mol. The molecule has 2 fully saturated rings. The minimum Gasteiger partial charge on any atom is -0.478 e. The molecular weight excluding hydrogens is 755 g/mol. The quantitative estimate of drug-likeness (QED) is 0.300. The van der Waals surface area contributed by atoms with Crippen LogP contribution in [0, 0.1) is 10.7 Å². The van der Waals surface area contributed by atoms with Crippen LogP contribution in [0.25, 0.3) is 0 Å². The molecule has 2 bridgehead atoms. The van der Waals surface area contributed by atoms with E-state index in [-0.39, 0.29) is 26.9 Å². The Hall–Kier alpha value is 0.0700. The van der Waals surface area contributed by atoms with Crippen molar-refractivity contribution >= 4 is 85.4 Å². The molecule has 178 valence electrons. The van der Waals surface area contributed by atoms with E-state index in [0.29, 0.717) is 19.4 Å². The fourth-order valence-corrected chi connectivity index (χ4v) is 8.79. The minimum absolute atomic E-state index is 0.00311.